The Hall–Kier alpha value is -1.82. The minimum Gasteiger partial charge on any atom is -0.488 e. The van der Waals surface area contributed by atoms with Crippen LogP contribution in [0, 0.1) is 11.7 Å². The van der Waals surface area contributed by atoms with Crippen molar-refractivity contribution >= 4 is 5.96 Å². The average molecular weight is 365 g/mol. The molecule has 0 amide bonds. The highest BCUT2D eigenvalue weighted by Gasteiger charge is 2.17. The quantitative estimate of drug-likeness (QED) is 0.550. The third-order valence-electron chi connectivity index (χ3n) is 4.75. The van der Waals surface area contributed by atoms with Gasteiger partial charge in [0, 0.05) is 19.2 Å². The van der Waals surface area contributed by atoms with E-state index < -0.39 is 0 Å². The SMILES string of the molecule is CCNC(=NCC(CC)Oc1cccc(F)c1)NCC1CCN(C)CC1. The van der Waals surface area contributed by atoms with E-state index in [-0.39, 0.29) is 11.9 Å². The molecule has 0 radical (unpaired) electrons. The van der Waals surface area contributed by atoms with Gasteiger partial charge in [0.15, 0.2) is 5.96 Å². The molecule has 1 heterocycles. The predicted molar refractivity (Wildman–Crippen MR) is 105 cm³/mol. The highest BCUT2D eigenvalue weighted by molar-refractivity contribution is 5.79. The second-order valence-corrected chi connectivity index (χ2v) is 6.95. The van der Waals surface area contributed by atoms with Gasteiger partial charge in [-0.25, -0.2) is 9.38 Å². The number of nitrogens with one attached hydrogen (secondary N) is 2. The van der Waals surface area contributed by atoms with Gasteiger partial charge in [-0.05, 0) is 64.4 Å². The Bertz CT molecular complexity index is 558. The molecule has 0 bridgehead atoms. The molecule has 6 heteroatoms. The normalized spacial score (nSPS) is 17.8. The Kier molecular flexibility index (Phi) is 8.68. The second-order valence-electron chi connectivity index (χ2n) is 6.95. The van der Waals surface area contributed by atoms with Gasteiger partial charge in [-0.3, -0.25) is 0 Å². The van der Waals surface area contributed by atoms with Crippen molar-refractivity contribution in [2.24, 2.45) is 10.9 Å². The molecule has 1 aromatic rings. The van der Waals surface area contributed by atoms with Crippen LogP contribution in [0.15, 0.2) is 29.3 Å². The van der Waals surface area contributed by atoms with Gasteiger partial charge in [0.1, 0.15) is 17.7 Å². The van der Waals surface area contributed by atoms with E-state index in [1.807, 2.05) is 0 Å². The summed E-state index contributed by atoms with van der Waals surface area (Å²) >= 11 is 0. The van der Waals surface area contributed by atoms with E-state index in [0.717, 1.165) is 25.5 Å². The molecule has 2 rings (SSSR count). The number of hydrogen-bond acceptors (Lipinski definition) is 3. The van der Waals surface area contributed by atoms with Gasteiger partial charge in [0.05, 0.1) is 6.54 Å². The van der Waals surface area contributed by atoms with Crippen molar-refractivity contribution in [3.8, 4) is 5.75 Å². The molecule has 1 unspecified atom stereocenters. The number of aliphatic imine (C=N–C) groups is 1. The number of halogens is 1. The van der Waals surface area contributed by atoms with E-state index >= 15 is 0 Å². The highest BCUT2D eigenvalue weighted by atomic mass is 19.1. The summed E-state index contributed by atoms with van der Waals surface area (Å²) in [4.78, 5) is 7.05. The van der Waals surface area contributed by atoms with Crippen LogP contribution in [0.5, 0.6) is 5.75 Å². The zero-order chi connectivity index (χ0) is 18.8. The lowest BCUT2D eigenvalue weighted by molar-refractivity contribution is 0.204. The van der Waals surface area contributed by atoms with Crippen LogP contribution in [-0.4, -0.2) is 56.7 Å². The number of likely N-dealkylation sites (tertiary alicyclic amines) is 1. The molecule has 0 aliphatic carbocycles. The van der Waals surface area contributed by atoms with E-state index in [1.54, 1.807) is 12.1 Å². The Morgan fingerprint density at radius 3 is 2.73 bits per heavy atom. The zero-order valence-corrected chi connectivity index (χ0v) is 16.3. The van der Waals surface area contributed by atoms with E-state index in [9.17, 15) is 4.39 Å². The predicted octanol–water partition coefficient (Wildman–Crippen LogP) is 2.88. The molecule has 2 N–H and O–H groups in total. The van der Waals surface area contributed by atoms with Crippen molar-refractivity contribution in [3.63, 3.8) is 0 Å². The summed E-state index contributed by atoms with van der Waals surface area (Å²) in [7, 11) is 2.18. The van der Waals surface area contributed by atoms with E-state index in [0.29, 0.717) is 18.2 Å². The topological polar surface area (TPSA) is 48.9 Å². The van der Waals surface area contributed by atoms with Gasteiger partial charge in [0.2, 0.25) is 0 Å². The molecule has 146 valence electrons. The molecular weight excluding hydrogens is 331 g/mol. The molecular formula is C20H33FN4O. The van der Waals surface area contributed by atoms with Crippen molar-refractivity contribution in [2.75, 3.05) is 39.8 Å². The molecule has 1 atom stereocenters. The fourth-order valence-electron chi connectivity index (χ4n) is 3.02. The third kappa shape index (κ3) is 7.20. The first-order chi connectivity index (χ1) is 12.6. The summed E-state index contributed by atoms with van der Waals surface area (Å²) in [5, 5.41) is 6.76. The molecule has 5 nitrogen and oxygen atoms in total. The van der Waals surface area contributed by atoms with Crippen LogP contribution in [0.25, 0.3) is 0 Å². The van der Waals surface area contributed by atoms with E-state index in [2.05, 4.69) is 41.4 Å². The van der Waals surface area contributed by atoms with Crippen LogP contribution in [0.3, 0.4) is 0 Å². The fourth-order valence-corrected chi connectivity index (χ4v) is 3.02. The molecule has 1 aliphatic rings. The maximum atomic E-state index is 13.3. The fraction of sp³-hybridized carbons (Fsp3) is 0.650. The van der Waals surface area contributed by atoms with Crippen LogP contribution in [0.2, 0.25) is 0 Å². The molecule has 26 heavy (non-hydrogen) atoms. The summed E-state index contributed by atoms with van der Waals surface area (Å²) in [6.45, 7) is 8.75. The van der Waals surface area contributed by atoms with Gasteiger partial charge >= 0.3 is 0 Å². The highest BCUT2D eigenvalue weighted by Crippen LogP contribution is 2.16. The lowest BCUT2D eigenvalue weighted by atomic mass is 9.97. The first-order valence-electron chi connectivity index (χ1n) is 9.73. The maximum Gasteiger partial charge on any atom is 0.191 e. The number of rotatable bonds is 8. The van der Waals surface area contributed by atoms with Crippen LogP contribution in [0.1, 0.15) is 33.1 Å². The Balaban J connectivity index is 1.85. The standard InChI is InChI=1S/C20H33FN4O/c1-4-18(26-19-8-6-7-17(21)13-19)15-24-20(22-5-2)23-14-16-9-11-25(3)12-10-16/h6-8,13,16,18H,4-5,9-12,14-15H2,1-3H3,(H2,22,23,24). The van der Waals surface area contributed by atoms with Crippen molar-refractivity contribution in [2.45, 2.75) is 39.2 Å². The van der Waals surface area contributed by atoms with Gasteiger partial charge in [0.25, 0.3) is 0 Å². The average Bonchev–Trinajstić information content (AvgIpc) is 2.64. The van der Waals surface area contributed by atoms with Crippen LogP contribution < -0.4 is 15.4 Å². The lowest BCUT2D eigenvalue weighted by Crippen LogP contribution is -2.42. The minimum atomic E-state index is -0.283. The molecule has 1 fully saturated rings. The van der Waals surface area contributed by atoms with Crippen molar-refractivity contribution in [1.82, 2.24) is 15.5 Å². The Morgan fingerprint density at radius 1 is 1.31 bits per heavy atom. The van der Waals surface area contributed by atoms with Gasteiger partial charge in [-0.1, -0.05) is 13.0 Å². The summed E-state index contributed by atoms with van der Waals surface area (Å²) in [5.41, 5.74) is 0. The van der Waals surface area contributed by atoms with Gasteiger partial charge < -0.3 is 20.3 Å². The number of guanidine groups is 1. The summed E-state index contributed by atoms with van der Waals surface area (Å²) in [6, 6.07) is 6.27. The molecule has 0 saturated carbocycles. The monoisotopic (exact) mass is 364 g/mol. The first-order valence-corrected chi connectivity index (χ1v) is 9.73. The third-order valence-corrected chi connectivity index (χ3v) is 4.75. The number of piperidine rings is 1. The molecule has 0 spiro atoms. The van der Waals surface area contributed by atoms with E-state index in [4.69, 9.17) is 4.74 Å². The van der Waals surface area contributed by atoms with Crippen molar-refractivity contribution in [1.29, 1.82) is 0 Å². The zero-order valence-electron chi connectivity index (χ0n) is 16.3. The number of benzene rings is 1. The largest absolute Gasteiger partial charge is 0.488 e. The van der Waals surface area contributed by atoms with E-state index in [1.165, 1.54) is 38.1 Å². The van der Waals surface area contributed by atoms with Crippen molar-refractivity contribution < 1.29 is 9.13 Å². The lowest BCUT2D eigenvalue weighted by Gasteiger charge is -2.29. The van der Waals surface area contributed by atoms with Crippen LogP contribution in [-0.2, 0) is 0 Å². The van der Waals surface area contributed by atoms with Gasteiger partial charge in [-0.15, -0.1) is 0 Å². The second kappa shape index (κ2) is 11.0. The minimum absolute atomic E-state index is 0.0735. The maximum absolute atomic E-state index is 13.3. The Morgan fingerprint density at radius 2 is 2.08 bits per heavy atom. The van der Waals surface area contributed by atoms with Gasteiger partial charge in [-0.2, -0.15) is 0 Å². The summed E-state index contributed by atoms with van der Waals surface area (Å²) in [5.74, 6) is 1.79. The van der Waals surface area contributed by atoms with Crippen molar-refractivity contribution in [3.05, 3.63) is 30.1 Å². The number of nitrogens with zero attached hydrogens (tertiary/aromatic N) is 2. The molecule has 1 aromatic carbocycles. The first kappa shape index (κ1) is 20.5. The smallest absolute Gasteiger partial charge is 0.191 e. The summed E-state index contributed by atoms with van der Waals surface area (Å²) in [6.07, 6.45) is 3.19. The van der Waals surface area contributed by atoms with Crippen LogP contribution in [0.4, 0.5) is 4.39 Å². The molecule has 1 aliphatic heterocycles. The number of ether oxygens (including phenoxy) is 1. The molecule has 0 aromatic heterocycles. The summed E-state index contributed by atoms with van der Waals surface area (Å²) < 4.78 is 19.2. The van der Waals surface area contributed by atoms with Crippen LogP contribution >= 0.6 is 0 Å². The Labute approximate surface area is 157 Å². The molecule has 1 saturated heterocycles. The number of hydrogen-bond donors (Lipinski definition) is 2.